The third-order valence-corrected chi connectivity index (χ3v) is 6.80. The van der Waals surface area contributed by atoms with Crippen LogP contribution in [0.25, 0.3) is 0 Å². The van der Waals surface area contributed by atoms with Crippen LogP contribution in [0.3, 0.4) is 0 Å². The highest BCUT2D eigenvalue weighted by molar-refractivity contribution is 7.93. The highest BCUT2D eigenvalue weighted by atomic mass is 32.2. The van der Waals surface area contributed by atoms with Crippen LogP contribution in [0.15, 0.2) is 18.2 Å². The van der Waals surface area contributed by atoms with Crippen molar-refractivity contribution in [3.63, 3.8) is 0 Å². The van der Waals surface area contributed by atoms with Crippen molar-refractivity contribution in [2.24, 2.45) is 0 Å². The molecule has 1 aliphatic rings. The van der Waals surface area contributed by atoms with Crippen molar-refractivity contribution in [3.05, 3.63) is 29.3 Å². The minimum Gasteiger partial charge on any atom is -0.314 e. The molecule has 4 nitrogen and oxygen atoms in total. The van der Waals surface area contributed by atoms with Crippen molar-refractivity contribution in [2.45, 2.75) is 38.4 Å². The number of benzene rings is 1. The van der Waals surface area contributed by atoms with E-state index in [-0.39, 0.29) is 11.7 Å². The van der Waals surface area contributed by atoms with Gasteiger partial charge in [0.05, 0.1) is 5.75 Å². The highest BCUT2D eigenvalue weighted by Crippen LogP contribution is 2.35. The highest BCUT2D eigenvalue weighted by Gasteiger charge is 2.51. The third kappa shape index (κ3) is 2.24. The maximum absolute atomic E-state index is 12.7. The van der Waals surface area contributed by atoms with Gasteiger partial charge >= 0.3 is 0 Å². The van der Waals surface area contributed by atoms with Gasteiger partial charge < -0.3 is 4.90 Å². The number of amides is 1. The molecule has 1 amide bonds. The molecular formula is C15H21NO3S. The Labute approximate surface area is 120 Å². The second kappa shape index (κ2) is 4.88. The Morgan fingerprint density at radius 1 is 1.30 bits per heavy atom. The fraction of sp³-hybridized carbons (Fsp3) is 0.533. The van der Waals surface area contributed by atoms with Gasteiger partial charge in [-0.05, 0) is 45.2 Å². The normalized spacial score (nSPS) is 24.6. The Morgan fingerprint density at radius 2 is 1.95 bits per heavy atom. The van der Waals surface area contributed by atoms with Crippen LogP contribution in [0.1, 0.15) is 30.9 Å². The molecule has 0 bridgehead atoms. The van der Waals surface area contributed by atoms with Gasteiger partial charge in [0.15, 0.2) is 9.84 Å². The van der Waals surface area contributed by atoms with E-state index in [1.165, 1.54) is 4.90 Å². The quantitative estimate of drug-likeness (QED) is 0.840. The second-order valence-electron chi connectivity index (χ2n) is 5.81. The number of hydrogen-bond acceptors (Lipinski definition) is 3. The lowest BCUT2D eigenvalue weighted by atomic mass is 10.0. The summed E-state index contributed by atoms with van der Waals surface area (Å²) >= 11 is 0. The monoisotopic (exact) mass is 295 g/mol. The first kappa shape index (κ1) is 15.0. The number of aryl methyl sites for hydroxylation is 2. The van der Waals surface area contributed by atoms with Gasteiger partial charge in [-0.25, -0.2) is 8.42 Å². The Morgan fingerprint density at radius 3 is 2.45 bits per heavy atom. The molecule has 0 N–H and O–H groups in total. The summed E-state index contributed by atoms with van der Waals surface area (Å²) in [5, 5.41) is 0. The van der Waals surface area contributed by atoms with Gasteiger partial charge in [0, 0.05) is 12.7 Å². The molecule has 1 aromatic carbocycles. The molecule has 0 saturated carbocycles. The van der Waals surface area contributed by atoms with E-state index in [1.54, 1.807) is 14.0 Å². The standard InChI is InChI=1S/C15H21NO3S/c1-11-6-7-13(12(2)10-11)16(4)14(17)15(3)8-5-9-20(15,18)19/h6-7,10H,5,8-9H2,1-4H3. The number of sulfone groups is 1. The van der Waals surface area contributed by atoms with Crippen LogP contribution in [0.4, 0.5) is 5.69 Å². The lowest BCUT2D eigenvalue weighted by Gasteiger charge is -2.29. The van der Waals surface area contributed by atoms with E-state index >= 15 is 0 Å². The number of rotatable bonds is 2. The summed E-state index contributed by atoms with van der Waals surface area (Å²) in [6.07, 6.45) is 0.967. The van der Waals surface area contributed by atoms with E-state index in [1.807, 2.05) is 32.0 Å². The largest absolute Gasteiger partial charge is 0.314 e. The first-order valence-corrected chi connectivity index (χ1v) is 8.42. The molecule has 110 valence electrons. The van der Waals surface area contributed by atoms with Gasteiger partial charge in [-0.15, -0.1) is 0 Å². The predicted octanol–water partition coefficient (Wildman–Crippen LogP) is 2.23. The smallest absolute Gasteiger partial charge is 0.247 e. The van der Waals surface area contributed by atoms with Crippen molar-refractivity contribution >= 4 is 21.4 Å². The van der Waals surface area contributed by atoms with Crippen LogP contribution < -0.4 is 4.90 Å². The number of carbonyl (C=O) groups is 1. The number of nitrogens with zero attached hydrogens (tertiary/aromatic N) is 1. The summed E-state index contributed by atoms with van der Waals surface area (Å²) in [6.45, 7) is 5.47. The Bertz CT molecular complexity index is 651. The number of anilines is 1. The maximum Gasteiger partial charge on any atom is 0.247 e. The molecule has 0 aliphatic carbocycles. The van der Waals surface area contributed by atoms with Crippen molar-refractivity contribution in [2.75, 3.05) is 17.7 Å². The first-order valence-electron chi connectivity index (χ1n) is 6.77. The van der Waals surface area contributed by atoms with Gasteiger partial charge in [-0.1, -0.05) is 17.7 Å². The third-order valence-electron chi connectivity index (χ3n) is 4.22. The summed E-state index contributed by atoms with van der Waals surface area (Å²) < 4.78 is 23.0. The summed E-state index contributed by atoms with van der Waals surface area (Å²) in [5.74, 6) is -0.224. The van der Waals surface area contributed by atoms with Crippen LogP contribution >= 0.6 is 0 Å². The average Bonchev–Trinajstić information content (AvgIpc) is 2.63. The van der Waals surface area contributed by atoms with Crippen LogP contribution in [0.2, 0.25) is 0 Å². The van der Waals surface area contributed by atoms with E-state index in [9.17, 15) is 13.2 Å². The topological polar surface area (TPSA) is 54.5 Å². The van der Waals surface area contributed by atoms with Gasteiger partial charge in [0.25, 0.3) is 0 Å². The molecule has 5 heteroatoms. The number of carbonyl (C=O) groups excluding carboxylic acids is 1. The average molecular weight is 295 g/mol. The van der Waals surface area contributed by atoms with Crippen LogP contribution in [0.5, 0.6) is 0 Å². The van der Waals surface area contributed by atoms with Crippen LogP contribution in [-0.4, -0.2) is 31.9 Å². The first-order chi connectivity index (χ1) is 9.19. The van der Waals surface area contributed by atoms with Gasteiger partial charge in [-0.2, -0.15) is 0 Å². The maximum atomic E-state index is 12.7. The van der Waals surface area contributed by atoms with Gasteiger partial charge in [0.1, 0.15) is 4.75 Å². The SMILES string of the molecule is Cc1ccc(N(C)C(=O)C2(C)CCCS2(=O)=O)c(C)c1. The molecule has 20 heavy (non-hydrogen) atoms. The van der Waals surface area contributed by atoms with Gasteiger partial charge in [0.2, 0.25) is 5.91 Å². The van der Waals surface area contributed by atoms with E-state index in [2.05, 4.69) is 0 Å². The zero-order valence-electron chi connectivity index (χ0n) is 12.4. The molecule has 1 aromatic rings. The molecule has 0 radical (unpaired) electrons. The van der Waals surface area contributed by atoms with Gasteiger partial charge in [-0.3, -0.25) is 4.79 Å². The lowest BCUT2D eigenvalue weighted by molar-refractivity contribution is -0.120. The molecular weight excluding hydrogens is 274 g/mol. The fourth-order valence-electron chi connectivity index (χ4n) is 2.87. The Kier molecular flexibility index (Phi) is 3.67. The van der Waals surface area contributed by atoms with Crippen molar-refractivity contribution < 1.29 is 13.2 Å². The zero-order chi connectivity index (χ0) is 15.1. The lowest BCUT2D eigenvalue weighted by Crippen LogP contribution is -2.48. The van der Waals surface area contributed by atoms with E-state index in [0.29, 0.717) is 12.8 Å². The van der Waals surface area contributed by atoms with Crippen LogP contribution in [0, 0.1) is 13.8 Å². The van der Waals surface area contributed by atoms with Crippen molar-refractivity contribution in [1.29, 1.82) is 0 Å². The molecule has 1 unspecified atom stereocenters. The molecule has 1 fully saturated rings. The molecule has 0 aromatic heterocycles. The summed E-state index contributed by atoms with van der Waals surface area (Å²) in [6, 6.07) is 5.79. The molecule has 1 saturated heterocycles. The van der Waals surface area contributed by atoms with E-state index in [0.717, 1.165) is 16.8 Å². The number of hydrogen-bond donors (Lipinski definition) is 0. The minimum atomic E-state index is -3.35. The Hall–Kier alpha value is -1.36. The Balaban J connectivity index is 2.39. The zero-order valence-corrected chi connectivity index (χ0v) is 13.3. The summed E-state index contributed by atoms with van der Waals surface area (Å²) in [4.78, 5) is 14.2. The minimum absolute atomic E-state index is 0.107. The molecule has 1 atom stereocenters. The van der Waals surface area contributed by atoms with Crippen molar-refractivity contribution in [1.82, 2.24) is 0 Å². The van der Waals surface area contributed by atoms with E-state index < -0.39 is 14.6 Å². The van der Waals surface area contributed by atoms with Crippen LogP contribution in [-0.2, 0) is 14.6 Å². The van der Waals surface area contributed by atoms with Crippen molar-refractivity contribution in [3.8, 4) is 0 Å². The summed E-state index contributed by atoms with van der Waals surface area (Å²) in [7, 11) is -1.70. The van der Waals surface area contributed by atoms with E-state index in [4.69, 9.17) is 0 Å². The second-order valence-corrected chi connectivity index (χ2v) is 8.35. The molecule has 2 rings (SSSR count). The molecule has 0 spiro atoms. The fourth-order valence-corrected chi connectivity index (χ4v) is 4.70. The molecule has 1 heterocycles. The molecule has 1 aliphatic heterocycles. The predicted molar refractivity (Wildman–Crippen MR) is 80.8 cm³/mol. The summed E-state index contributed by atoms with van der Waals surface area (Å²) in [5.41, 5.74) is 2.86.